The number of nitrogens with two attached hydrogens (primary N) is 1. The van der Waals surface area contributed by atoms with E-state index in [1.165, 1.54) is 19.3 Å². The molecule has 0 bridgehead atoms. The molecule has 2 rings (SSSR count). The smallest absolute Gasteiger partial charge is 0.271 e. The Balaban J connectivity index is 1.91. The number of hydrogen-bond acceptors (Lipinski definition) is 3. The summed E-state index contributed by atoms with van der Waals surface area (Å²) < 4.78 is 1.63. The standard InChI is InChI=1S/C13H22N4O/c1-17-8-5-11(16-17)12(18)15-10-13(9-14)6-3-2-4-7-13/h5,8H,2-4,6-7,9-10,14H2,1H3,(H,15,18). The van der Waals surface area contributed by atoms with Gasteiger partial charge in [0.05, 0.1) is 0 Å². The minimum Gasteiger partial charge on any atom is -0.350 e. The summed E-state index contributed by atoms with van der Waals surface area (Å²) in [5.41, 5.74) is 6.47. The van der Waals surface area contributed by atoms with Crippen molar-refractivity contribution in [3.63, 3.8) is 0 Å². The zero-order valence-corrected chi connectivity index (χ0v) is 11.0. The zero-order valence-electron chi connectivity index (χ0n) is 11.0. The van der Waals surface area contributed by atoms with Crippen LogP contribution in [-0.4, -0.2) is 28.8 Å². The van der Waals surface area contributed by atoms with Gasteiger partial charge in [-0.15, -0.1) is 0 Å². The lowest BCUT2D eigenvalue weighted by molar-refractivity contribution is 0.0908. The van der Waals surface area contributed by atoms with Gasteiger partial charge in [-0.05, 0) is 30.9 Å². The van der Waals surface area contributed by atoms with Crippen LogP contribution in [0.15, 0.2) is 12.3 Å². The van der Waals surface area contributed by atoms with Crippen LogP contribution in [0.25, 0.3) is 0 Å². The SMILES string of the molecule is Cn1ccc(C(=O)NCC2(CN)CCCCC2)n1. The third-order valence-electron chi connectivity index (χ3n) is 3.92. The van der Waals surface area contributed by atoms with Crippen LogP contribution in [0.4, 0.5) is 0 Å². The second-order valence-electron chi connectivity index (χ2n) is 5.32. The largest absolute Gasteiger partial charge is 0.350 e. The first-order chi connectivity index (χ1) is 8.65. The summed E-state index contributed by atoms with van der Waals surface area (Å²) in [4.78, 5) is 11.9. The summed E-state index contributed by atoms with van der Waals surface area (Å²) in [6.45, 7) is 1.31. The Morgan fingerprint density at radius 2 is 2.22 bits per heavy atom. The van der Waals surface area contributed by atoms with Gasteiger partial charge in [0, 0.05) is 19.8 Å². The Bertz CT molecular complexity index is 407. The minimum atomic E-state index is -0.103. The molecule has 1 fully saturated rings. The maximum Gasteiger partial charge on any atom is 0.271 e. The van der Waals surface area contributed by atoms with Crippen LogP contribution in [0, 0.1) is 5.41 Å². The number of nitrogens with zero attached hydrogens (tertiary/aromatic N) is 2. The van der Waals surface area contributed by atoms with Crippen molar-refractivity contribution in [3.05, 3.63) is 18.0 Å². The third kappa shape index (κ3) is 2.90. The fourth-order valence-corrected chi connectivity index (χ4v) is 2.65. The van der Waals surface area contributed by atoms with E-state index in [9.17, 15) is 4.79 Å². The third-order valence-corrected chi connectivity index (χ3v) is 3.92. The van der Waals surface area contributed by atoms with E-state index in [4.69, 9.17) is 5.73 Å². The molecule has 3 N–H and O–H groups in total. The zero-order chi connectivity index (χ0) is 13.0. The van der Waals surface area contributed by atoms with Crippen LogP contribution < -0.4 is 11.1 Å². The van der Waals surface area contributed by atoms with Crippen LogP contribution in [0.5, 0.6) is 0 Å². The van der Waals surface area contributed by atoms with Crippen molar-refractivity contribution in [1.29, 1.82) is 0 Å². The molecule has 1 aromatic heterocycles. The van der Waals surface area contributed by atoms with Crippen molar-refractivity contribution in [2.24, 2.45) is 18.2 Å². The first-order valence-electron chi connectivity index (χ1n) is 6.63. The summed E-state index contributed by atoms with van der Waals surface area (Å²) in [6.07, 6.45) is 7.73. The lowest BCUT2D eigenvalue weighted by Gasteiger charge is -2.36. The van der Waals surface area contributed by atoms with Crippen molar-refractivity contribution < 1.29 is 4.79 Å². The molecule has 5 nitrogen and oxygen atoms in total. The molecular weight excluding hydrogens is 228 g/mol. The van der Waals surface area contributed by atoms with Gasteiger partial charge in [0.2, 0.25) is 0 Å². The molecule has 0 aromatic carbocycles. The molecule has 0 radical (unpaired) electrons. The van der Waals surface area contributed by atoms with Gasteiger partial charge in [-0.1, -0.05) is 19.3 Å². The highest BCUT2D eigenvalue weighted by Gasteiger charge is 2.31. The summed E-state index contributed by atoms with van der Waals surface area (Å²) >= 11 is 0. The Labute approximate surface area is 108 Å². The summed E-state index contributed by atoms with van der Waals surface area (Å²) in [7, 11) is 1.80. The molecule has 0 atom stereocenters. The summed E-state index contributed by atoms with van der Waals surface area (Å²) in [6, 6.07) is 1.73. The van der Waals surface area contributed by atoms with Crippen LogP contribution in [0.2, 0.25) is 0 Å². The Morgan fingerprint density at radius 1 is 1.50 bits per heavy atom. The maximum absolute atomic E-state index is 11.9. The molecule has 18 heavy (non-hydrogen) atoms. The van der Waals surface area contributed by atoms with Crippen molar-refractivity contribution in [2.45, 2.75) is 32.1 Å². The quantitative estimate of drug-likeness (QED) is 0.839. The van der Waals surface area contributed by atoms with Gasteiger partial charge in [0.1, 0.15) is 5.69 Å². The Morgan fingerprint density at radius 3 is 2.78 bits per heavy atom. The van der Waals surface area contributed by atoms with E-state index in [1.807, 2.05) is 0 Å². The van der Waals surface area contributed by atoms with Crippen LogP contribution in [0.1, 0.15) is 42.6 Å². The number of aryl methyl sites for hydroxylation is 1. The minimum absolute atomic E-state index is 0.0999. The van der Waals surface area contributed by atoms with E-state index in [-0.39, 0.29) is 11.3 Å². The summed E-state index contributed by atoms with van der Waals surface area (Å²) in [5, 5.41) is 7.08. The molecule has 0 aliphatic heterocycles. The Hall–Kier alpha value is -1.36. The molecule has 0 saturated heterocycles. The van der Waals surface area contributed by atoms with E-state index in [0.717, 1.165) is 12.8 Å². The fourth-order valence-electron chi connectivity index (χ4n) is 2.65. The number of rotatable bonds is 4. The van der Waals surface area contributed by atoms with Crippen LogP contribution in [0.3, 0.4) is 0 Å². The molecule has 100 valence electrons. The number of carbonyl (C=O) groups is 1. The first-order valence-corrected chi connectivity index (χ1v) is 6.63. The highest BCUT2D eigenvalue weighted by Crippen LogP contribution is 2.34. The van der Waals surface area contributed by atoms with E-state index in [0.29, 0.717) is 18.8 Å². The highest BCUT2D eigenvalue weighted by atomic mass is 16.1. The molecule has 5 heteroatoms. The monoisotopic (exact) mass is 250 g/mol. The second kappa shape index (κ2) is 5.52. The van der Waals surface area contributed by atoms with Gasteiger partial charge in [-0.25, -0.2) is 0 Å². The van der Waals surface area contributed by atoms with Gasteiger partial charge >= 0.3 is 0 Å². The molecule has 1 saturated carbocycles. The maximum atomic E-state index is 11.9. The molecule has 1 amide bonds. The first kappa shape index (κ1) is 13.1. The summed E-state index contributed by atoms with van der Waals surface area (Å²) in [5.74, 6) is -0.103. The van der Waals surface area contributed by atoms with Gasteiger partial charge in [-0.3, -0.25) is 9.48 Å². The number of carbonyl (C=O) groups excluding carboxylic acids is 1. The number of hydrogen-bond donors (Lipinski definition) is 2. The molecule has 1 aliphatic carbocycles. The van der Waals surface area contributed by atoms with Crippen LogP contribution in [-0.2, 0) is 7.05 Å². The van der Waals surface area contributed by atoms with Gasteiger partial charge in [0.15, 0.2) is 0 Å². The van der Waals surface area contributed by atoms with E-state index >= 15 is 0 Å². The number of aromatic nitrogens is 2. The predicted molar refractivity (Wildman–Crippen MR) is 70.1 cm³/mol. The van der Waals surface area contributed by atoms with Crippen molar-refractivity contribution in [3.8, 4) is 0 Å². The lowest BCUT2D eigenvalue weighted by Crippen LogP contribution is -2.43. The molecule has 0 spiro atoms. The number of amides is 1. The second-order valence-corrected chi connectivity index (χ2v) is 5.32. The molecule has 1 aliphatic rings. The topological polar surface area (TPSA) is 72.9 Å². The highest BCUT2D eigenvalue weighted by molar-refractivity contribution is 5.92. The lowest BCUT2D eigenvalue weighted by atomic mass is 9.74. The van der Waals surface area contributed by atoms with E-state index < -0.39 is 0 Å². The number of nitrogens with one attached hydrogen (secondary N) is 1. The molecular formula is C13H22N4O. The molecule has 0 unspecified atom stereocenters. The normalized spacial score (nSPS) is 18.6. The van der Waals surface area contributed by atoms with Gasteiger partial charge < -0.3 is 11.1 Å². The van der Waals surface area contributed by atoms with E-state index in [1.54, 1.807) is 24.0 Å². The van der Waals surface area contributed by atoms with Gasteiger partial charge in [0.25, 0.3) is 5.91 Å². The van der Waals surface area contributed by atoms with Crippen molar-refractivity contribution in [1.82, 2.24) is 15.1 Å². The van der Waals surface area contributed by atoms with E-state index in [2.05, 4.69) is 10.4 Å². The molecule has 1 aromatic rings. The average molecular weight is 250 g/mol. The Kier molecular flexibility index (Phi) is 4.01. The average Bonchev–Trinajstić information content (AvgIpc) is 2.84. The predicted octanol–water partition coefficient (Wildman–Crippen LogP) is 1.06. The molecule has 1 heterocycles. The van der Waals surface area contributed by atoms with Crippen molar-refractivity contribution >= 4 is 5.91 Å². The van der Waals surface area contributed by atoms with Crippen molar-refractivity contribution in [2.75, 3.05) is 13.1 Å². The fraction of sp³-hybridized carbons (Fsp3) is 0.692. The van der Waals surface area contributed by atoms with Gasteiger partial charge in [-0.2, -0.15) is 5.10 Å². The van der Waals surface area contributed by atoms with Crippen LogP contribution >= 0.6 is 0 Å².